The van der Waals surface area contributed by atoms with Gasteiger partial charge in [0.05, 0.1) is 5.54 Å². The highest BCUT2D eigenvalue weighted by Gasteiger charge is 2.24. The van der Waals surface area contributed by atoms with E-state index in [9.17, 15) is 14.7 Å². The summed E-state index contributed by atoms with van der Waals surface area (Å²) in [4.78, 5) is 40.0. The standard InChI is InChI=1S/C10H16N6O2.C6H9N6O2.2CH4/c1-10(2,3)12-8(17)6-7-13-14-15(4)9(18)16(7)5-11-6;1-7-14-5-4-9-10-11(2)6(13)12(4)3-8-5;;/h5,13-14H,1-4H3,(H,12,17);3,7,10H,1-2H3;2*1H4/q;-1;;/p-1. The third kappa shape index (κ3) is 5.72. The molecule has 2 aliphatic heterocycles. The first kappa shape index (κ1) is 28.1. The van der Waals surface area contributed by atoms with Crippen molar-refractivity contribution in [2.75, 3.05) is 26.6 Å². The van der Waals surface area contributed by atoms with Crippen molar-refractivity contribution in [2.45, 2.75) is 41.2 Å². The van der Waals surface area contributed by atoms with Gasteiger partial charge < -0.3 is 19.9 Å². The molecule has 0 fully saturated rings. The van der Waals surface area contributed by atoms with E-state index in [1.165, 1.54) is 31.8 Å². The molecule has 0 saturated heterocycles. The second-order valence-corrected chi connectivity index (χ2v) is 7.58. The van der Waals surface area contributed by atoms with Crippen molar-refractivity contribution >= 4 is 29.6 Å². The largest absolute Gasteiger partial charge is 0.857 e. The molecule has 2 aromatic rings. The second-order valence-electron chi connectivity index (χ2n) is 7.58. The first-order valence-corrected chi connectivity index (χ1v) is 9.33. The quantitative estimate of drug-likeness (QED) is 0.275. The molecule has 2 amide bonds. The third-order valence-electron chi connectivity index (χ3n) is 3.95. The lowest BCUT2D eigenvalue weighted by atomic mass is 10.1. The predicted molar refractivity (Wildman–Crippen MR) is 124 cm³/mol. The van der Waals surface area contributed by atoms with E-state index in [0.717, 1.165) is 0 Å². The minimum atomic E-state index is -0.490. The SMILES string of the molecule is C.C.CN1NNc2c(C([O-])=NC(C)(C)C)ncn2C1=O.CNOc1ncn2c1[N-]NN(C)C2=O. The lowest BCUT2D eigenvalue weighted by Gasteiger charge is -2.33. The Labute approximate surface area is 197 Å². The summed E-state index contributed by atoms with van der Waals surface area (Å²) in [6, 6.07) is -0.598. The Morgan fingerprint density at radius 1 is 1.12 bits per heavy atom. The van der Waals surface area contributed by atoms with E-state index in [0.29, 0.717) is 11.6 Å². The summed E-state index contributed by atoms with van der Waals surface area (Å²) in [6.45, 7) is 5.45. The Bertz CT molecular complexity index is 1040. The van der Waals surface area contributed by atoms with Crippen LogP contribution in [0.25, 0.3) is 5.43 Å². The van der Waals surface area contributed by atoms with Crippen LogP contribution < -0.4 is 31.9 Å². The van der Waals surface area contributed by atoms with Gasteiger partial charge in [0, 0.05) is 39.2 Å². The number of hydrogen-bond acceptors (Lipinski definition) is 11. The molecule has 4 rings (SSSR count). The number of carbonyl (C=O) groups is 2. The van der Waals surface area contributed by atoms with Crippen LogP contribution in [0.4, 0.5) is 21.2 Å². The number of fused-ring (bicyclic) bond motifs is 2. The van der Waals surface area contributed by atoms with Crippen LogP contribution in [-0.2, 0) is 0 Å². The molecule has 190 valence electrons. The zero-order valence-electron chi connectivity index (χ0n) is 18.4. The fraction of sp³-hybridized carbons (Fsp3) is 0.500. The molecular weight excluding hydrogens is 448 g/mol. The summed E-state index contributed by atoms with van der Waals surface area (Å²) >= 11 is 0. The summed E-state index contributed by atoms with van der Waals surface area (Å²) in [7, 11) is 4.71. The topological polar surface area (TPSA) is 183 Å². The molecule has 16 nitrogen and oxygen atoms in total. The maximum Gasteiger partial charge on any atom is 0.346 e. The summed E-state index contributed by atoms with van der Waals surface area (Å²) in [5.74, 6) is 0.433. The van der Waals surface area contributed by atoms with Crippen molar-refractivity contribution in [1.82, 2.24) is 45.7 Å². The number of imidazole rings is 2. The highest BCUT2D eigenvalue weighted by Crippen LogP contribution is 2.30. The molecular formula is C18H32N12O4-2. The van der Waals surface area contributed by atoms with E-state index in [4.69, 9.17) is 4.84 Å². The van der Waals surface area contributed by atoms with Crippen molar-refractivity contribution in [3.8, 4) is 5.88 Å². The Balaban J connectivity index is 0.000000329. The number of aliphatic imine (C=N–C) groups is 1. The Morgan fingerprint density at radius 2 is 1.74 bits per heavy atom. The van der Waals surface area contributed by atoms with Gasteiger partial charge in [0.15, 0.2) is 5.82 Å². The number of aromatic nitrogens is 4. The number of nitrogens with zero attached hydrogens (tertiary/aromatic N) is 8. The zero-order valence-corrected chi connectivity index (χ0v) is 18.4. The molecule has 0 radical (unpaired) electrons. The highest BCUT2D eigenvalue weighted by atomic mass is 16.7. The number of rotatable bonds is 3. The van der Waals surface area contributed by atoms with Crippen molar-refractivity contribution in [2.24, 2.45) is 4.99 Å². The maximum atomic E-state index is 11.9. The van der Waals surface area contributed by atoms with Crippen LogP contribution in [0.1, 0.15) is 41.3 Å². The molecule has 2 aromatic heterocycles. The lowest BCUT2D eigenvalue weighted by molar-refractivity contribution is -0.214. The monoisotopic (exact) mass is 480 g/mol. The number of hydrazine groups is 3. The van der Waals surface area contributed by atoms with Crippen molar-refractivity contribution in [3.63, 3.8) is 0 Å². The van der Waals surface area contributed by atoms with E-state index in [1.807, 2.05) is 20.8 Å². The predicted octanol–water partition coefficient (Wildman–Crippen LogP) is 0.540. The number of carbonyl (C=O) groups excluding carboxylic acids is 2. The summed E-state index contributed by atoms with van der Waals surface area (Å²) in [5.41, 5.74) is 13.8. The molecule has 0 unspecified atom stereocenters. The Hall–Kier alpha value is -3.89. The molecule has 4 heterocycles. The van der Waals surface area contributed by atoms with Gasteiger partial charge in [0.25, 0.3) is 6.03 Å². The van der Waals surface area contributed by atoms with Gasteiger partial charge in [0.1, 0.15) is 12.0 Å². The van der Waals surface area contributed by atoms with Crippen molar-refractivity contribution in [3.05, 3.63) is 23.8 Å². The molecule has 0 bridgehead atoms. The van der Waals surface area contributed by atoms with Gasteiger partial charge in [-0.25, -0.2) is 29.9 Å². The fourth-order valence-electron chi connectivity index (χ4n) is 2.54. The van der Waals surface area contributed by atoms with E-state index in [-0.39, 0.29) is 38.5 Å². The molecule has 16 heteroatoms. The third-order valence-corrected chi connectivity index (χ3v) is 3.95. The van der Waals surface area contributed by atoms with Crippen LogP contribution in [0.5, 0.6) is 5.88 Å². The molecule has 2 aliphatic rings. The van der Waals surface area contributed by atoms with Crippen LogP contribution in [-0.4, -0.2) is 73.8 Å². The van der Waals surface area contributed by atoms with Gasteiger partial charge >= 0.3 is 6.03 Å². The van der Waals surface area contributed by atoms with Gasteiger partial charge in [-0.15, -0.1) is 5.53 Å². The number of anilines is 1. The van der Waals surface area contributed by atoms with Gasteiger partial charge in [-0.3, -0.25) is 20.2 Å². The molecule has 4 N–H and O–H groups in total. The molecule has 34 heavy (non-hydrogen) atoms. The van der Waals surface area contributed by atoms with E-state index >= 15 is 0 Å². The lowest BCUT2D eigenvalue weighted by Crippen LogP contribution is -2.50. The number of amides is 2. The highest BCUT2D eigenvalue weighted by molar-refractivity contribution is 5.97. The maximum absolute atomic E-state index is 11.9. The average molecular weight is 481 g/mol. The van der Waals surface area contributed by atoms with Gasteiger partial charge in [-0.1, -0.05) is 14.9 Å². The normalized spacial score (nSPS) is 14.9. The zero-order chi connectivity index (χ0) is 23.6. The van der Waals surface area contributed by atoms with Gasteiger partial charge in [-0.2, -0.15) is 5.48 Å². The second kappa shape index (κ2) is 10.8. The number of hydrogen-bond donors (Lipinski definition) is 4. The minimum Gasteiger partial charge on any atom is -0.857 e. The van der Waals surface area contributed by atoms with Crippen LogP contribution in [0.3, 0.4) is 0 Å². The van der Waals surface area contributed by atoms with Crippen LogP contribution in [0.2, 0.25) is 0 Å². The number of hydroxylamine groups is 1. The first-order valence-electron chi connectivity index (χ1n) is 9.33. The fourth-order valence-corrected chi connectivity index (χ4v) is 2.54. The molecule has 0 spiro atoms. The smallest absolute Gasteiger partial charge is 0.346 e. The van der Waals surface area contributed by atoms with Crippen LogP contribution >= 0.6 is 0 Å². The van der Waals surface area contributed by atoms with Crippen LogP contribution in [0.15, 0.2) is 17.6 Å². The Morgan fingerprint density at radius 3 is 2.35 bits per heavy atom. The minimum absolute atomic E-state index is 0. The Kier molecular flexibility index (Phi) is 8.96. The molecule has 0 aliphatic carbocycles. The summed E-state index contributed by atoms with van der Waals surface area (Å²) < 4.78 is 2.53. The van der Waals surface area contributed by atoms with Gasteiger partial charge in [-0.05, 0) is 20.8 Å². The van der Waals surface area contributed by atoms with E-state index < -0.39 is 11.4 Å². The van der Waals surface area contributed by atoms with Gasteiger partial charge in [0.2, 0.25) is 5.88 Å². The average Bonchev–Trinajstić information content (AvgIpc) is 3.32. The summed E-state index contributed by atoms with van der Waals surface area (Å²) in [5, 5.41) is 14.4. The van der Waals surface area contributed by atoms with E-state index in [1.54, 1.807) is 21.1 Å². The summed E-state index contributed by atoms with van der Waals surface area (Å²) in [6.07, 6.45) is 2.65. The molecule has 0 aromatic carbocycles. The molecule has 0 atom stereocenters. The van der Waals surface area contributed by atoms with E-state index in [2.05, 4.69) is 42.4 Å². The first-order chi connectivity index (χ1) is 15.0. The van der Waals surface area contributed by atoms with Crippen molar-refractivity contribution in [1.29, 1.82) is 0 Å². The number of nitrogens with one attached hydrogen (secondary N) is 4. The van der Waals surface area contributed by atoms with Crippen LogP contribution in [0, 0.1) is 0 Å². The molecule has 0 saturated carbocycles. The van der Waals surface area contributed by atoms with Crippen molar-refractivity contribution < 1.29 is 19.5 Å².